The second kappa shape index (κ2) is 13.2. The van der Waals surface area contributed by atoms with Gasteiger partial charge in [0.25, 0.3) is 0 Å². The zero-order chi connectivity index (χ0) is 27.1. The van der Waals surface area contributed by atoms with E-state index in [2.05, 4.69) is 47.7 Å². The van der Waals surface area contributed by atoms with Crippen LogP contribution in [0.15, 0.2) is 41.5 Å². The van der Waals surface area contributed by atoms with Gasteiger partial charge < -0.3 is 21.3 Å². The summed E-state index contributed by atoms with van der Waals surface area (Å²) in [6.07, 6.45) is 5.35. The summed E-state index contributed by atoms with van der Waals surface area (Å²) in [6.45, 7) is 13.0. The predicted molar refractivity (Wildman–Crippen MR) is 150 cm³/mol. The Hall–Kier alpha value is -2.75. The van der Waals surface area contributed by atoms with Crippen molar-refractivity contribution in [3.63, 3.8) is 0 Å². The lowest BCUT2D eigenvalue weighted by Gasteiger charge is -2.36. The summed E-state index contributed by atoms with van der Waals surface area (Å²) in [5.74, 6) is 1.92. The second-order valence-electron chi connectivity index (χ2n) is 10.5. The maximum atomic E-state index is 12.1. The van der Waals surface area contributed by atoms with Crippen molar-refractivity contribution in [2.75, 3.05) is 51.2 Å². The van der Waals surface area contributed by atoms with Gasteiger partial charge in [0.2, 0.25) is 12.3 Å². The van der Waals surface area contributed by atoms with E-state index in [1.54, 1.807) is 30.0 Å². The van der Waals surface area contributed by atoms with E-state index in [0.717, 1.165) is 37.4 Å². The number of carbonyl (C=O) groups excluding carboxylic acids is 2. The molecule has 0 aliphatic carbocycles. The highest BCUT2D eigenvalue weighted by molar-refractivity contribution is 5.94. The molecule has 5 atom stereocenters. The van der Waals surface area contributed by atoms with E-state index in [9.17, 15) is 9.59 Å². The second-order valence-corrected chi connectivity index (χ2v) is 10.5. The monoisotopic (exact) mass is 511 g/mol. The van der Waals surface area contributed by atoms with Gasteiger partial charge in [-0.1, -0.05) is 19.1 Å². The van der Waals surface area contributed by atoms with Gasteiger partial charge in [0.05, 0.1) is 6.04 Å². The summed E-state index contributed by atoms with van der Waals surface area (Å²) in [6, 6.07) is 8.64. The van der Waals surface area contributed by atoms with Crippen molar-refractivity contribution in [2.24, 2.45) is 28.3 Å². The van der Waals surface area contributed by atoms with E-state index in [1.807, 2.05) is 18.2 Å². The summed E-state index contributed by atoms with van der Waals surface area (Å²) in [5.41, 5.74) is 13.8. The third-order valence-electron chi connectivity index (χ3n) is 8.14. The highest BCUT2D eigenvalue weighted by atomic mass is 16.2. The Morgan fingerprint density at radius 2 is 1.76 bits per heavy atom. The average Bonchev–Trinajstić information content (AvgIpc) is 3.20. The zero-order valence-electron chi connectivity index (χ0n) is 23.1. The van der Waals surface area contributed by atoms with Crippen molar-refractivity contribution in [1.29, 1.82) is 0 Å². The molecule has 0 radical (unpaired) electrons. The van der Waals surface area contributed by atoms with E-state index in [-0.39, 0.29) is 5.91 Å². The number of likely N-dealkylation sites (tertiary alicyclic amines) is 1. The Kier molecular flexibility index (Phi) is 10.3. The first-order chi connectivity index (χ1) is 17.7. The number of rotatable bonds is 9. The van der Waals surface area contributed by atoms with Crippen molar-refractivity contribution in [1.82, 2.24) is 14.7 Å². The third kappa shape index (κ3) is 6.97. The number of aliphatic imine (C=N–C) groups is 1. The number of anilines is 1. The minimum Gasteiger partial charge on any atom is -0.353 e. The molecule has 9 nitrogen and oxygen atoms in total. The van der Waals surface area contributed by atoms with Crippen LogP contribution in [0.1, 0.15) is 33.3 Å². The Bertz CT molecular complexity index is 954. The highest BCUT2D eigenvalue weighted by Gasteiger charge is 2.37. The highest BCUT2D eigenvalue weighted by Crippen LogP contribution is 2.31. The predicted octanol–water partition coefficient (Wildman–Crippen LogP) is 1.53. The van der Waals surface area contributed by atoms with Crippen molar-refractivity contribution >= 4 is 23.8 Å². The van der Waals surface area contributed by atoms with Crippen LogP contribution >= 0.6 is 0 Å². The molecule has 2 fully saturated rings. The normalized spacial score (nSPS) is 24.9. The molecule has 2 amide bonds. The molecule has 0 aromatic heterocycles. The Morgan fingerprint density at radius 1 is 1.14 bits per heavy atom. The van der Waals surface area contributed by atoms with Crippen LogP contribution in [0, 0.1) is 11.8 Å². The zero-order valence-corrected chi connectivity index (χ0v) is 23.1. The number of carbonyl (C=O) groups is 2. The molecule has 204 valence electrons. The fourth-order valence-corrected chi connectivity index (χ4v) is 5.53. The van der Waals surface area contributed by atoms with Gasteiger partial charge in [-0.25, -0.2) is 0 Å². The maximum Gasteiger partial charge on any atom is 0.239 e. The minimum atomic E-state index is -0.488. The number of nitrogens with two attached hydrogens (primary N) is 2. The Labute approximate surface area is 222 Å². The van der Waals surface area contributed by atoms with E-state index in [4.69, 9.17) is 11.5 Å². The van der Waals surface area contributed by atoms with E-state index in [1.165, 1.54) is 5.56 Å². The van der Waals surface area contributed by atoms with Gasteiger partial charge in [0.1, 0.15) is 5.84 Å². The van der Waals surface area contributed by atoms with Crippen molar-refractivity contribution in [3.05, 3.63) is 42.1 Å². The van der Waals surface area contributed by atoms with E-state index in [0.29, 0.717) is 50.1 Å². The molecule has 2 heterocycles. The van der Waals surface area contributed by atoms with Gasteiger partial charge in [0, 0.05) is 63.7 Å². The molecule has 4 N–H and O–H groups in total. The van der Waals surface area contributed by atoms with Gasteiger partial charge in [0.15, 0.2) is 0 Å². The fourth-order valence-electron chi connectivity index (χ4n) is 5.53. The van der Waals surface area contributed by atoms with Crippen LogP contribution in [0.25, 0.3) is 0 Å². The van der Waals surface area contributed by atoms with Crippen LogP contribution in [0.2, 0.25) is 0 Å². The number of nitrogens with zero attached hydrogens (tertiary/aromatic N) is 5. The van der Waals surface area contributed by atoms with Crippen LogP contribution in [-0.4, -0.2) is 97.3 Å². The minimum absolute atomic E-state index is 0.0283. The lowest BCUT2D eigenvalue weighted by molar-refractivity contribution is -0.133. The quantitative estimate of drug-likeness (QED) is 0.296. The topological polar surface area (TPSA) is 111 Å². The lowest BCUT2D eigenvalue weighted by atomic mass is 9.93. The molecule has 0 saturated carbocycles. The molecule has 9 heteroatoms. The SMILES string of the molecule is CN=C(/C=C\N(C=O)c1ccc(CC(C)N2C[C@@H](CN)C(C)[C@H]2C)cc1)N1CCN(C(=O)C(C)N)CC1. The summed E-state index contributed by atoms with van der Waals surface area (Å²) in [4.78, 5) is 36.5. The number of amides is 2. The molecule has 0 spiro atoms. The molecular formula is C28H45N7O2. The molecule has 3 rings (SSSR count). The average molecular weight is 512 g/mol. The maximum absolute atomic E-state index is 12.1. The summed E-state index contributed by atoms with van der Waals surface area (Å²) in [7, 11) is 1.73. The van der Waals surface area contributed by atoms with Crippen LogP contribution < -0.4 is 16.4 Å². The smallest absolute Gasteiger partial charge is 0.239 e. The lowest BCUT2D eigenvalue weighted by Crippen LogP contribution is -2.53. The van der Waals surface area contributed by atoms with Crippen LogP contribution in [0.3, 0.4) is 0 Å². The van der Waals surface area contributed by atoms with Crippen LogP contribution in [0.4, 0.5) is 5.69 Å². The Balaban J connectivity index is 1.58. The van der Waals surface area contributed by atoms with Crippen LogP contribution in [0.5, 0.6) is 0 Å². The molecular weight excluding hydrogens is 466 g/mol. The Morgan fingerprint density at radius 3 is 2.27 bits per heavy atom. The molecule has 2 aliphatic rings. The van der Waals surface area contributed by atoms with Crippen molar-refractivity contribution in [3.8, 4) is 0 Å². The molecule has 2 aliphatic heterocycles. The molecule has 2 saturated heterocycles. The first-order valence-corrected chi connectivity index (χ1v) is 13.4. The number of hydrogen-bond donors (Lipinski definition) is 2. The van der Waals surface area contributed by atoms with E-state index >= 15 is 0 Å². The third-order valence-corrected chi connectivity index (χ3v) is 8.14. The van der Waals surface area contributed by atoms with Crippen LogP contribution in [-0.2, 0) is 16.0 Å². The summed E-state index contributed by atoms with van der Waals surface area (Å²) in [5, 5.41) is 0. The first kappa shape index (κ1) is 28.8. The molecule has 1 aromatic rings. The molecule has 37 heavy (non-hydrogen) atoms. The molecule has 3 unspecified atom stereocenters. The largest absolute Gasteiger partial charge is 0.353 e. The standard InChI is InChI=1S/C28H45N7O2/c1-20(35-18-25(17-29)21(2)23(35)4)16-24-6-8-26(9-7-24)34(19-36)11-10-27(31-5)32-12-14-33(15-13-32)28(37)22(3)30/h6-11,19-23,25H,12-18,29-30H2,1-5H3/b11-10-,31-27?/t20?,21?,22?,23-,25-/m1/s1. The summed E-state index contributed by atoms with van der Waals surface area (Å²) >= 11 is 0. The van der Waals surface area contributed by atoms with Crippen molar-refractivity contribution < 1.29 is 9.59 Å². The summed E-state index contributed by atoms with van der Waals surface area (Å²) < 4.78 is 0. The van der Waals surface area contributed by atoms with Gasteiger partial charge >= 0.3 is 0 Å². The molecule has 1 aromatic carbocycles. The molecule has 0 bridgehead atoms. The van der Waals surface area contributed by atoms with Gasteiger partial charge in [-0.05, 0) is 69.3 Å². The fraction of sp³-hybridized carbons (Fsp3) is 0.607. The number of hydrogen-bond acceptors (Lipinski definition) is 6. The first-order valence-electron chi connectivity index (χ1n) is 13.4. The van der Waals surface area contributed by atoms with Crippen molar-refractivity contribution in [2.45, 2.75) is 52.2 Å². The van der Waals surface area contributed by atoms with E-state index < -0.39 is 6.04 Å². The van der Waals surface area contributed by atoms with Gasteiger partial charge in [-0.15, -0.1) is 0 Å². The van der Waals surface area contributed by atoms with Gasteiger partial charge in [-0.3, -0.25) is 24.4 Å². The number of amidine groups is 1. The number of piperazine rings is 1. The number of benzene rings is 1. The van der Waals surface area contributed by atoms with Gasteiger partial charge in [-0.2, -0.15) is 0 Å².